The maximum Gasteiger partial charge on any atom is 0.371 e. The molecule has 0 unspecified atom stereocenters. The minimum absolute atomic E-state index is 0.0538. The Labute approximate surface area is 202 Å². The molecule has 0 atom stereocenters. The first-order chi connectivity index (χ1) is 16.3. The van der Waals surface area contributed by atoms with Gasteiger partial charge in [0.25, 0.3) is 5.56 Å². The van der Waals surface area contributed by atoms with Crippen LogP contribution in [-0.2, 0) is 6.54 Å². The molecule has 2 N–H and O–H groups in total. The molecule has 4 aromatic rings. The van der Waals surface area contributed by atoms with Crippen LogP contribution in [0.4, 0.5) is 0 Å². The molecular weight excluding hydrogens is 479 g/mol. The number of aromatic amines is 1. The highest BCUT2D eigenvalue weighted by Crippen LogP contribution is 2.39. The van der Waals surface area contributed by atoms with Gasteiger partial charge in [0.05, 0.1) is 6.54 Å². The van der Waals surface area contributed by atoms with Crippen molar-refractivity contribution < 1.29 is 14.3 Å². The lowest BCUT2D eigenvalue weighted by Crippen LogP contribution is -2.33. The van der Waals surface area contributed by atoms with Crippen molar-refractivity contribution in [2.24, 2.45) is 0 Å². The van der Waals surface area contributed by atoms with E-state index in [4.69, 9.17) is 32.7 Å². The van der Waals surface area contributed by atoms with Gasteiger partial charge < -0.3 is 9.52 Å². The lowest BCUT2D eigenvalue weighted by atomic mass is 9.83. The van der Waals surface area contributed by atoms with E-state index in [0.29, 0.717) is 15.6 Å². The van der Waals surface area contributed by atoms with Gasteiger partial charge in [-0.1, -0.05) is 47.5 Å². The van der Waals surface area contributed by atoms with Crippen LogP contribution in [0.1, 0.15) is 50.1 Å². The molecule has 0 fully saturated rings. The van der Waals surface area contributed by atoms with Crippen LogP contribution in [0.3, 0.4) is 0 Å². The minimum atomic E-state index is -1.21. The Morgan fingerprint density at radius 3 is 2.12 bits per heavy atom. The Hall–Kier alpha value is -3.81. The van der Waals surface area contributed by atoms with Crippen LogP contribution in [0.5, 0.6) is 0 Å². The van der Waals surface area contributed by atoms with E-state index in [1.54, 1.807) is 12.1 Å². The van der Waals surface area contributed by atoms with Crippen molar-refractivity contribution in [2.75, 3.05) is 0 Å². The monoisotopic (exact) mass is 494 g/mol. The SMILES string of the molecule is O=C(O)c1ccc(Cn2cc(C3c4ccc(Cl)cc4C=Cc4cc(Cl)ccc43)c(=O)[nH]c2=O)o1. The number of furan rings is 1. The van der Waals surface area contributed by atoms with Gasteiger partial charge >= 0.3 is 11.7 Å². The number of nitrogens with zero attached hydrogens (tertiary/aromatic N) is 1. The van der Waals surface area contributed by atoms with Crippen molar-refractivity contribution in [1.82, 2.24) is 9.55 Å². The summed E-state index contributed by atoms with van der Waals surface area (Å²) in [6, 6.07) is 13.6. The van der Waals surface area contributed by atoms with Crippen molar-refractivity contribution in [3.8, 4) is 0 Å². The van der Waals surface area contributed by atoms with Gasteiger partial charge in [-0.05, 0) is 58.7 Å². The minimum Gasteiger partial charge on any atom is -0.475 e. The Balaban J connectivity index is 1.69. The molecule has 0 bridgehead atoms. The molecule has 5 rings (SSSR count). The fourth-order valence-electron chi connectivity index (χ4n) is 4.18. The number of H-pyrrole nitrogens is 1. The highest BCUT2D eigenvalue weighted by Gasteiger charge is 2.27. The van der Waals surface area contributed by atoms with Gasteiger partial charge in [0, 0.05) is 27.7 Å². The number of carboxylic acid groups (broad SMARTS) is 1. The predicted molar refractivity (Wildman–Crippen MR) is 129 cm³/mol. The van der Waals surface area contributed by atoms with E-state index in [9.17, 15) is 14.4 Å². The molecule has 9 heteroatoms. The standard InChI is InChI=1S/C25H16Cl2N2O5/c26-15-3-6-18-13(9-15)1-2-14-10-16(27)4-7-19(14)22(18)20-12-29(25(33)28-23(20)30)11-17-5-8-21(34-17)24(31)32/h1-10,12,22H,11H2,(H,31,32)(H,28,30,33). The molecule has 0 spiro atoms. The van der Waals surface area contributed by atoms with Gasteiger partial charge in [0.15, 0.2) is 0 Å². The Bertz CT molecular complexity index is 1540. The molecule has 0 amide bonds. The van der Waals surface area contributed by atoms with E-state index in [1.807, 2.05) is 36.4 Å². The van der Waals surface area contributed by atoms with Crippen LogP contribution in [0.25, 0.3) is 12.2 Å². The zero-order valence-electron chi connectivity index (χ0n) is 17.4. The van der Waals surface area contributed by atoms with Crippen LogP contribution >= 0.6 is 23.2 Å². The Morgan fingerprint density at radius 1 is 0.941 bits per heavy atom. The average molecular weight is 495 g/mol. The van der Waals surface area contributed by atoms with Gasteiger partial charge in [0.1, 0.15) is 5.76 Å². The number of fused-ring (bicyclic) bond motifs is 2. The first-order valence-corrected chi connectivity index (χ1v) is 11.0. The third kappa shape index (κ3) is 4.00. The molecule has 0 saturated carbocycles. The highest BCUT2D eigenvalue weighted by atomic mass is 35.5. The van der Waals surface area contributed by atoms with Crippen LogP contribution < -0.4 is 11.2 Å². The zero-order chi connectivity index (χ0) is 24.0. The van der Waals surface area contributed by atoms with Crippen LogP contribution in [0.2, 0.25) is 10.0 Å². The second-order valence-corrected chi connectivity index (χ2v) is 8.73. The molecule has 1 aliphatic carbocycles. The molecule has 34 heavy (non-hydrogen) atoms. The first kappa shape index (κ1) is 22.0. The maximum absolute atomic E-state index is 13.1. The van der Waals surface area contributed by atoms with Crippen molar-refractivity contribution in [3.05, 3.63) is 125 Å². The summed E-state index contributed by atoms with van der Waals surface area (Å²) < 4.78 is 6.57. The molecule has 170 valence electrons. The predicted octanol–water partition coefficient (Wildman–Crippen LogP) is 4.85. The number of carboxylic acids is 1. The molecule has 2 heterocycles. The number of hydrogen-bond acceptors (Lipinski definition) is 4. The zero-order valence-corrected chi connectivity index (χ0v) is 18.9. The molecule has 0 aliphatic heterocycles. The van der Waals surface area contributed by atoms with Gasteiger partial charge in [-0.15, -0.1) is 0 Å². The van der Waals surface area contributed by atoms with Gasteiger partial charge in [0.2, 0.25) is 5.76 Å². The summed E-state index contributed by atoms with van der Waals surface area (Å²) in [6.07, 6.45) is 5.31. The lowest BCUT2D eigenvalue weighted by molar-refractivity contribution is 0.0660. The smallest absolute Gasteiger partial charge is 0.371 e. The quantitative estimate of drug-likeness (QED) is 0.371. The summed E-state index contributed by atoms with van der Waals surface area (Å²) in [7, 11) is 0. The Morgan fingerprint density at radius 2 is 1.56 bits per heavy atom. The lowest BCUT2D eigenvalue weighted by Gasteiger charge is -2.21. The summed E-state index contributed by atoms with van der Waals surface area (Å²) >= 11 is 12.5. The number of benzene rings is 2. The second kappa shape index (κ2) is 8.52. The number of hydrogen-bond donors (Lipinski definition) is 2. The Kier molecular flexibility index (Phi) is 5.51. The van der Waals surface area contributed by atoms with Crippen LogP contribution in [0.15, 0.2) is 68.7 Å². The van der Waals surface area contributed by atoms with Gasteiger partial charge in [-0.3, -0.25) is 14.3 Å². The molecule has 0 radical (unpaired) electrons. The van der Waals surface area contributed by atoms with Crippen molar-refractivity contribution in [2.45, 2.75) is 12.5 Å². The topological polar surface area (TPSA) is 105 Å². The fourth-order valence-corrected chi connectivity index (χ4v) is 4.54. The number of nitrogens with one attached hydrogen (secondary N) is 1. The summed E-state index contributed by atoms with van der Waals surface area (Å²) in [5, 5.41) is 10.2. The molecular formula is C25H16Cl2N2O5. The first-order valence-electron chi connectivity index (χ1n) is 10.2. The third-order valence-corrected chi connectivity index (χ3v) is 6.18. The molecule has 0 saturated heterocycles. The molecule has 2 aromatic carbocycles. The molecule has 1 aliphatic rings. The number of aromatic carboxylic acids is 1. The highest BCUT2D eigenvalue weighted by molar-refractivity contribution is 6.31. The largest absolute Gasteiger partial charge is 0.475 e. The van der Waals surface area contributed by atoms with E-state index in [0.717, 1.165) is 22.3 Å². The average Bonchev–Trinajstić information content (AvgIpc) is 3.20. The normalized spacial score (nSPS) is 12.8. The number of rotatable bonds is 4. The second-order valence-electron chi connectivity index (χ2n) is 7.86. The van der Waals surface area contributed by atoms with E-state index in [2.05, 4.69) is 4.98 Å². The van der Waals surface area contributed by atoms with Crippen LogP contribution in [0, 0.1) is 0 Å². The van der Waals surface area contributed by atoms with E-state index in [1.165, 1.54) is 22.9 Å². The molecule has 2 aromatic heterocycles. The van der Waals surface area contributed by atoms with Crippen molar-refractivity contribution in [1.29, 1.82) is 0 Å². The summed E-state index contributed by atoms with van der Waals surface area (Å²) in [5.41, 5.74) is 2.51. The number of halogens is 2. The summed E-state index contributed by atoms with van der Waals surface area (Å²) in [6.45, 7) is -0.0538. The maximum atomic E-state index is 13.1. The molecule has 7 nitrogen and oxygen atoms in total. The summed E-state index contributed by atoms with van der Waals surface area (Å²) in [4.78, 5) is 39.1. The summed E-state index contributed by atoms with van der Waals surface area (Å²) in [5.74, 6) is -1.70. The number of aromatic nitrogens is 2. The van der Waals surface area contributed by atoms with E-state index >= 15 is 0 Å². The van der Waals surface area contributed by atoms with Crippen LogP contribution in [-0.4, -0.2) is 20.6 Å². The number of carbonyl (C=O) groups is 1. The van der Waals surface area contributed by atoms with Crippen molar-refractivity contribution >= 4 is 41.3 Å². The van der Waals surface area contributed by atoms with Gasteiger partial charge in [-0.25, -0.2) is 9.59 Å². The van der Waals surface area contributed by atoms with Crippen molar-refractivity contribution in [3.63, 3.8) is 0 Å². The third-order valence-electron chi connectivity index (χ3n) is 5.71. The van der Waals surface area contributed by atoms with Gasteiger partial charge in [-0.2, -0.15) is 0 Å². The fraction of sp³-hybridized carbons (Fsp3) is 0.0800. The van der Waals surface area contributed by atoms with E-state index in [-0.39, 0.29) is 18.1 Å². The van der Waals surface area contributed by atoms with E-state index < -0.39 is 23.1 Å².